The number of halogens is 1. The Hall–Kier alpha value is -1.75. The van der Waals surface area contributed by atoms with Crippen molar-refractivity contribution in [3.63, 3.8) is 0 Å². The van der Waals surface area contributed by atoms with E-state index in [1.165, 1.54) is 19.3 Å². The lowest BCUT2D eigenvalue weighted by atomic mass is 9.45. The highest BCUT2D eigenvalue weighted by Gasteiger charge is 2.53. The number of benzene rings is 1. The zero-order valence-electron chi connectivity index (χ0n) is 17.4. The number of carboxylic acid groups (broad SMARTS) is 1. The molecule has 0 unspecified atom stereocenters. The number of nitrogens with zero attached hydrogens (tertiary/aromatic N) is 1. The molecular weight excluding hydrogens is 388 g/mol. The van der Waals surface area contributed by atoms with Gasteiger partial charge in [0, 0.05) is 31.2 Å². The molecule has 5 rings (SSSR count). The third-order valence-corrected chi connectivity index (χ3v) is 7.86. The predicted molar refractivity (Wildman–Crippen MR) is 117 cm³/mol. The van der Waals surface area contributed by atoms with Gasteiger partial charge in [0.25, 0.3) is 0 Å². The third kappa shape index (κ3) is 4.25. The Morgan fingerprint density at radius 3 is 2.52 bits per heavy atom. The topological polar surface area (TPSA) is 69.6 Å². The van der Waals surface area contributed by atoms with Gasteiger partial charge in [-0.05, 0) is 73.5 Å². The first-order valence-electron chi connectivity index (χ1n) is 10.7. The molecule has 4 fully saturated rings. The van der Waals surface area contributed by atoms with E-state index in [4.69, 9.17) is 0 Å². The molecule has 0 radical (unpaired) electrons. The van der Waals surface area contributed by atoms with Crippen LogP contribution in [0.1, 0.15) is 56.3 Å². The summed E-state index contributed by atoms with van der Waals surface area (Å²) >= 11 is 0. The molecular formula is C23H33ClN2O3. The standard InChI is InChI=1S/C23H32N2O3.ClH/c1-23(2)18-7-6-17(20(23)13-18)14-24-21(26)15-8-10-25(11-9-15)19-5-3-4-16(12-19)22(27)28;/h3-5,12,15,17-18,20H,6-11,13-14H2,1-2H3,(H,24,26)(H,27,28);1H/t17-,18-,20-;/m0./s1. The SMILES string of the molecule is CC1(C)[C@H]2CC[C@@H](CNC(=O)C3CCN(c4cccc(C(=O)O)c4)CC3)[C@@H]1C2.Cl. The van der Waals surface area contributed by atoms with E-state index in [1.807, 2.05) is 6.07 Å². The number of piperidine rings is 1. The van der Waals surface area contributed by atoms with Gasteiger partial charge in [-0.2, -0.15) is 0 Å². The molecule has 0 aromatic heterocycles. The second-order valence-corrected chi connectivity index (χ2v) is 9.56. The number of rotatable bonds is 5. The summed E-state index contributed by atoms with van der Waals surface area (Å²) in [6.45, 7) is 7.22. The molecule has 1 heterocycles. The van der Waals surface area contributed by atoms with Gasteiger partial charge in [-0.15, -0.1) is 12.4 Å². The lowest BCUT2D eigenvalue weighted by Crippen LogP contribution is -2.55. The molecule has 6 heteroatoms. The maximum atomic E-state index is 12.7. The van der Waals surface area contributed by atoms with Crippen molar-refractivity contribution in [2.24, 2.45) is 29.1 Å². The summed E-state index contributed by atoms with van der Waals surface area (Å²) in [5.41, 5.74) is 1.71. The number of aromatic carboxylic acids is 1. The predicted octanol–water partition coefficient (Wildman–Crippen LogP) is 4.21. The third-order valence-electron chi connectivity index (χ3n) is 7.86. The Balaban J connectivity index is 0.00000240. The summed E-state index contributed by atoms with van der Waals surface area (Å²) in [7, 11) is 0. The molecule has 4 aliphatic rings. The number of carbonyl (C=O) groups excluding carboxylic acids is 1. The van der Waals surface area contributed by atoms with E-state index in [0.29, 0.717) is 16.9 Å². The fourth-order valence-electron chi connectivity index (χ4n) is 5.82. The van der Waals surface area contributed by atoms with Crippen molar-refractivity contribution < 1.29 is 14.7 Å². The first kappa shape index (κ1) is 21.9. The summed E-state index contributed by atoms with van der Waals surface area (Å²) < 4.78 is 0. The molecule has 5 nitrogen and oxygen atoms in total. The van der Waals surface area contributed by atoms with Crippen LogP contribution in [0.2, 0.25) is 0 Å². The highest BCUT2D eigenvalue weighted by Crippen LogP contribution is 2.61. The number of anilines is 1. The van der Waals surface area contributed by atoms with Crippen LogP contribution in [0.15, 0.2) is 24.3 Å². The second-order valence-electron chi connectivity index (χ2n) is 9.56. The van der Waals surface area contributed by atoms with Crippen LogP contribution in [0.3, 0.4) is 0 Å². The average molecular weight is 421 g/mol. The van der Waals surface area contributed by atoms with Gasteiger partial charge >= 0.3 is 5.97 Å². The first-order valence-corrected chi connectivity index (χ1v) is 10.7. The number of fused-ring (bicyclic) bond motifs is 2. The summed E-state index contributed by atoms with van der Waals surface area (Å²) in [5.74, 6) is 1.69. The summed E-state index contributed by atoms with van der Waals surface area (Å²) in [5, 5.41) is 12.4. The van der Waals surface area contributed by atoms with Crippen molar-refractivity contribution in [2.75, 3.05) is 24.5 Å². The van der Waals surface area contributed by atoms with Gasteiger partial charge in [0.15, 0.2) is 0 Å². The molecule has 1 aromatic rings. The molecule has 3 aliphatic carbocycles. The maximum Gasteiger partial charge on any atom is 0.335 e. The number of hydrogen-bond acceptors (Lipinski definition) is 3. The number of carboxylic acids is 1. The Labute approximate surface area is 179 Å². The van der Waals surface area contributed by atoms with Crippen molar-refractivity contribution in [3.8, 4) is 0 Å². The second kappa shape index (κ2) is 8.55. The van der Waals surface area contributed by atoms with E-state index in [0.717, 1.165) is 50.0 Å². The number of carbonyl (C=O) groups is 2. The Morgan fingerprint density at radius 2 is 1.90 bits per heavy atom. The number of hydrogen-bond donors (Lipinski definition) is 2. The lowest BCUT2D eigenvalue weighted by Gasteiger charge is -2.60. The Bertz CT molecular complexity index is 756. The van der Waals surface area contributed by atoms with Crippen LogP contribution >= 0.6 is 12.4 Å². The summed E-state index contributed by atoms with van der Waals surface area (Å²) in [6.07, 6.45) is 5.58. The van der Waals surface area contributed by atoms with E-state index in [9.17, 15) is 14.7 Å². The van der Waals surface area contributed by atoms with Crippen LogP contribution in [0.4, 0.5) is 5.69 Å². The van der Waals surface area contributed by atoms with Gasteiger partial charge in [0.2, 0.25) is 5.91 Å². The molecule has 3 saturated carbocycles. The number of amides is 1. The molecule has 2 bridgehead atoms. The summed E-state index contributed by atoms with van der Waals surface area (Å²) in [6, 6.07) is 7.07. The smallest absolute Gasteiger partial charge is 0.335 e. The van der Waals surface area contributed by atoms with Gasteiger partial charge in [-0.1, -0.05) is 19.9 Å². The minimum Gasteiger partial charge on any atom is -0.478 e. The number of nitrogens with one attached hydrogen (secondary N) is 1. The van der Waals surface area contributed by atoms with E-state index in [1.54, 1.807) is 18.2 Å². The van der Waals surface area contributed by atoms with Crippen LogP contribution in [0, 0.1) is 29.1 Å². The lowest BCUT2D eigenvalue weighted by molar-refractivity contribution is -0.128. The molecule has 1 amide bonds. The Kier molecular flexibility index (Phi) is 6.47. The molecule has 1 aliphatic heterocycles. The van der Waals surface area contributed by atoms with Crippen molar-refractivity contribution in [2.45, 2.75) is 46.0 Å². The zero-order valence-corrected chi connectivity index (χ0v) is 18.2. The van der Waals surface area contributed by atoms with E-state index < -0.39 is 5.97 Å². The highest BCUT2D eigenvalue weighted by molar-refractivity contribution is 5.88. The molecule has 2 N–H and O–H groups in total. The monoisotopic (exact) mass is 420 g/mol. The van der Waals surface area contributed by atoms with Crippen LogP contribution in [0.25, 0.3) is 0 Å². The molecule has 29 heavy (non-hydrogen) atoms. The first-order chi connectivity index (χ1) is 13.4. The molecule has 1 aromatic carbocycles. The Morgan fingerprint density at radius 1 is 1.17 bits per heavy atom. The van der Waals surface area contributed by atoms with Crippen LogP contribution in [-0.4, -0.2) is 36.6 Å². The fourth-order valence-corrected chi connectivity index (χ4v) is 5.82. The quantitative estimate of drug-likeness (QED) is 0.748. The van der Waals surface area contributed by atoms with Crippen LogP contribution in [0.5, 0.6) is 0 Å². The summed E-state index contributed by atoms with van der Waals surface area (Å²) in [4.78, 5) is 26.1. The van der Waals surface area contributed by atoms with E-state index in [-0.39, 0.29) is 24.2 Å². The van der Waals surface area contributed by atoms with Crippen molar-refractivity contribution in [3.05, 3.63) is 29.8 Å². The molecule has 3 atom stereocenters. The fraction of sp³-hybridized carbons (Fsp3) is 0.652. The van der Waals surface area contributed by atoms with E-state index >= 15 is 0 Å². The largest absolute Gasteiger partial charge is 0.478 e. The molecule has 160 valence electrons. The average Bonchev–Trinajstić information content (AvgIpc) is 2.72. The molecule has 1 saturated heterocycles. The van der Waals surface area contributed by atoms with Crippen LogP contribution in [-0.2, 0) is 4.79 Å². The van der Waals surface area contributed by atoms with Gasteiger partial charge in [-0.3, -0.25) is 4.79 Å². The normalized spacial score (nSPS) is 28.1. The maximum absolute atomic E-state index is 12.7. The van der Waals surface area contributed by atoms with Crippen LogP contribution < -0.4 is 10.2 Å². The van der Waals surface area contributed by atoms with Crippen molar-refractivity contribution in [1.82, 2.24) is 5.32 Å². The van der Waals surface area contributed by atoms with Gasteiger partial charge in [0.05, 0.1) is 5.56 Å². The highest BCUT2D eigenvalue weighted by atomic mass is 35.5. The van der Waals surface area contributed by atoms with E-state index in [2.05, 4.69) is 24.1 Å². The van der Waals surface area contributed by atoms with Gasteiger partial charge < -0.3 is 15.3 Å². The molecule has 0 spiro atoms. The van der Waals surface area contributed by atoms with Crippen molar-refractivity contribution >= 4 is 30.0 Å². The minimum atomic E-state index is -0.903. The van der Waals surface area contributed by atoms with Gasteiger partial charge in [-0.25, -0.2) is 4.79 Å². The zero-order chi connectivity index (χ0) is 19.9. The van der Waals surface area contributed by atoms with Gasteiger partial charge in [0.1, 0.15) is 0 Å². The minimum absolute atomic E-state index is 0. The van der Waals surface area contributed by atoms with Crippen molar-refractivity contribution in [1.29, 1.82) is 0 Å².